The van der Waals surface area contributed by atoms with Gasteiger partial charge in [0, 0.05) is 42.8 Å². The molecule has 9 heteroatoms. The molecule has 0 amide bonds. The molecule has 4 heterocycles. The molecule has 3 aromatic rings. The Kier molecular flexibility index (Phi) is 8.15. The Morgan fingerprint density at radius 2 is 1.65 bits per heavy atom. The average Bonchev–Trinajstić information content (AvgIpc) is 3.37. The summed E-state index contributed by atoms with van der Waals surface area (Å²) in [6, 6.07) is 13.6. The van der Waals surface area contributed by atoms with Gasteiger partial charge in [0.25, 0.3) is 0 Å². The van der Waals surface area contributed by atoms with Crippen molar-refractivity contribution in [2.75, 3.05) is 41.3 Å². The van der Waals surface area contributed by atoms with E-state index in [0.29, 0.717) is 34.5 Å². The lowest BCUT2D eigenvalue weighted by Gasteiger charge is -2.36. The molecule has 0 spiro atoms. The number of furan rings is 1. The van der Waals surface area contributed by atoms with Crippen LogP contribution < -0.4 is 20.4 Å². The number of halogens is 1. The number of nitrogens with one attached hydrogen (secondary N) is 2. The first-order valence-electron chi connectivity index (χ1n) is 13.2. The van der Waals surface area contributed by atoms with Gasteiger partial charge < -0.3 is 24.9 Å². The smallest absolute Gasteiger partial charge is 0.232 e. The number of hydrogen-bond acceptors (Lipinski definition) is 6. The summed E-state index contributed by atoms with van der Waals surface area (Å²) in [4.78, 5) is 14.5. The average molecular weight is 539 g/mol. The van der Waals surface area contributed by atoms with E-state index in [2.05, 4.69) is 40.3 Å². The van der Waals surface area contributed by atoms with E-state index in [4.69, 9.17) is 38.2 Å². The second-order valence-corrected chi connectivity index (χ2v) is 11.2. The van der Waals surface area contributed by atoms with Crippen LogP contribution in [0.15, 0.2) is 46.9 Å². The van der Waals surface area contributed by atoms with Crippen molar-refractivity contribution < 1.29 is 4.42 Å². The van der Waals surface area contributed by atoms with E-state index in [1.807, 2.05) is 36.4 Å². The van der Waals surface area contributed by atoms with E-state index >= 15 is 0 Å². The highest BCUT2D eigenvalue weighted by Gasteiger charge is 2.25. The minimum atomic E-state index is 0.458. The number of hydrogen-bond donors (Lipinski definition) is 2. The summed E-state index contributed by atoms with van der Waals surface area (Å²) in [5.74, 6) is 5.33. The Bertz CT molecular complexity index is 1200. The molecule has 2 atom stereocenters. The molecular formula is C28H35ClN6OS. The summed E-state index contributed by atoms with van der Waals surface area (Å²) in [6.07, 6.45) is 4.93. The van der Waals surface area contributed by atoms with E-state index in [-0.39, 0.29) is 0 Å². The Labute approximate surface area is 229 Å². The topological polar surface area (TPSA) is 69.5 Å². The van der Waals surface area contributed by atoms with Crippen molar-refractivity contribution in [3.63, 3.8) is 0 Å². The fraction of sp³-hybridized carbons (Fsp3) is 0.464. The molecular weight excluding hydrogens is 504 g/mol. The molecule has 2 N–H and O–H groups in total. The van der Waals surface area contributed by atoms with Crippen LogP contribution in [-0.4, -0.2) is 41.3 Å². The fourth-order valence-corrected chi connectivity index (χ4v) is 5.62. The highest BCUT2D eigenvalue weighted by atomic mass is 35.5. The zero-order chi connectivity index (χ0) is 25.8. The summed E-state index contributed by atoms with van der Waals surface area (Å²) in [5, 5.41) is 7.62. The summed E-state index contributed by atoms with van der Waals surface area (Å²) < 4.78 is 5.99. The van der Waals surface area contributed by atoms with Crippen molar-refractivity contribution in [3.8, 4) is 11.3 Å². The molecule has 2 fully saturated rings. The second kappa shape index (κ2) is 11.7. The molecule has 0 saturated carbocycles. The molecule has 7 nitrogen and oxygen atoms in total. The van der Waals surface area contributed by atoms with Gasteiger partial charge >= 0.3 is 0 Å². The van der Waals surface area contributed by atoms with Gasteiger partial charge in [0.15, 0.2) is 5.11 Å². The first kappa shape index (κ1) is 25.8. The van der Waals surface area contributed by atoms with E-state index in [9.17, 15) is 0 Å². The number of nitrogens with zero attached hydrogens (tertiary/aromatic N) is 4. The van der Waals surface area contributed by atoms with Gasteiger partial charge in [0.05, 0.1) is 6.54 Å². The lowest BCUT2D eigenvalue weighted by atomic mass is 9.92. The summed E-state index contributed by atoms with van der Waals surface area (Å²) >= 11 is 11.6. The van der Waals surface area contributed by atoms with Crippen molar-refractivity contribution in [2.24, 2.45) is 11.8 Å². The molecule has 0 radical (unpaired) electrons. The van der Waals surface area contributed by atoms with Crippen LogP contribution in [0.5, 0.6) is 0 Å². The molecule has 37 heavy (non-hydrogen) atoms. The molecule has 2 saturated heterocycles. The van der Waals surface area contributed by atoms with Gasteiger partial charge in [0.2, 0.25) is 5.95 Å². The van der Waals surface area contributed by atoms with E-state index in [1.165, 1.54) is 25.7 Å². The number of benzene rings is 1. The fourth-order valence-electron chi connectivity index (χ4n) is 5.33. The van der Waals surface area contributed by atoms with Crippen LogP contribution in [0.4, 0.5) is 17.6 Å². The molecule has 2 aromatic heterocycles. The van der Waals surface area contributed by atoms with Crippen molar-refractivity contribution in [2.45, 2.75) is 46.1 Å². The van der Waals surface area contributed by atoms with Crippen molar-refractivity contribution >= 4 is 46.5 Å². The van der Waals surface area contributed by atoms with Gasteiger partial charge in [0.1, 0.15) is 23.2 Å². The summed E-state index contributed by atoms with van der Waals surface area (Å²) in [5.41, 5.74) is 0.980. The second-order valence-electron chi connectivity index (χ2n) is 10.4. The summed E-state index contributed by atoms with van der Waals surface area (Å²) in [6.45, 7) is 9.18. The zero-order valence-corrected chi connectivity index (χ0v) is 23.1. The maximum absolute atomic E-state index is 6.00. The van der Waals surface area contributed by atoms with Gasteiger partial charge in [-0.05, 0) is 86.1 Å². The maximum Gasteiger partial charge on any atom is 0.232 e. The van der Waals surface area contributed by atoms with Gasteiger partial charge in [-0.25, -0.2) is 0 Å². The molecule has 0 unspecified atom stereocenters. The quantitative estimate of drug-likeness (QED) is 0.352. The molecule has 2 aliphatic rings. The Morgan fingerprint density at radius 3 is 2.35 bits per heavy atom. The summed E-state index contributed by atoms with van der Waals surface area (Å²) in [7, 11) is 0. The van der Waals surface area contributed by atoms with Crippen LogP contribution in [0.25, 0.3) is 11.3 Å². The van der Waals surface area contributed by atoms with Gasteiger partial charge in [-0.15, -0.1) is 0 Å². The van der Waals surface area contributed by atoms with Gasteiger partial charge in [-0.2, -0.15) is 9.97 Å². The van der Waals surface area contributed by atoms with Gasteiger partial charge in [-0.3, -0.25) is 0 Å². The van der Waals surface area contributed by atoms with Crippen LogP contribution in [0.1, 0.15) is 45.3 Å². The third-order valence-electron chi connectivity index (χ3n) is 7.01. The predicted molar refractivity (Wildman–Crippen MR) is 155 cm³/mol. The number of anilines is 3. The molecule has 5 rings (SSSR count). The minimum Gasteiger partial charge on any atom is -0.459 e. The van der Waals surface area contributed by atoms with E-state index in [1.54, 1.807) is 0 Å². The molecule has 196 valence electrons. The van der Waals surface area contributed by atoms with Gasteiger partial charge in [-0.1, -0.05) is 25.4 Å². The van der Waals surface area contributed by atoms with Crippen molar-refractivity contribution in [3.05, 3.63) is 53.2 Å². The number of piperidine rings is 2. The third kappa shape index (κ3) is 6.73. The Balaban J connectivity index is 1.27. The zero-order valence-electron chi connectivity index (χ0n) is 21.5. The van der Waals surface area contributed by atoms with Crippen LogP contribution in [0.3, 0.4) is 0 Å². The van der Waals surface area contributed by atoms with Crippen molar-refractivity contribution in [1.82, 2.24) is 15.3 Å². The SMILES string of the molecule is C[C@@H]1C[C@@H](C)CN(c2cc(N3CCCCC3)nc(NC(=S)NCc3ccc(-c4ccc(Cl)cc4)o3)n2)C1. The lowest BCUT2D eigenvalue weighted by molar-refractivity contribution is 0.355. The third-order valence-corrected chi connectivity index (χ3v) is 7.51. The lowest BCUT2D eigenvalue weighted by Crippen LogP contribution is -2.40. The molecule has 0 aliphatic carbocycles. The van der Waals surface area contributed by atoms with E-state index in [0.717, 1.165) is 54.9 Å². The predicted octanol–water partition coefficient (Wildman–Crippen LogP) is 6.35. The molecule has 2 aliphatic heterocycles. The Hall–Kier alpha value is -2.84. The van der Waals surface area contributed by atoms with Crippen LogP contribution in [0, 0.1) is 11.8 Å². The first-order chi connectivity index (χ1) is 17.9. The monoisotopic (exact) mass is 538 g/mol. The number of aromatic nitrogens is 2. The normalized spacial score (nSPS) is 20.1. The first-order valence-corrected chi connectivity index (χ1v) is 14.0. The maximum atomic E-state index is 6.00. The number of thiocarbonyl (C=S) groups is 1. The van der Waals surface area contributed by atoms with Crippen LogP contribution in [-0.2, 0) is 6.54 Å². The van der Waals surface area contributed by atoms with E-state index < -0.39 is 0 Å². The largest absolute Gasteiger partial charge is 0.459 e. The highest BCUT2D eigenvalue weighted by molar-refractivity contribution is 7.80. The highest BCUT2D eigenvalue weighted by Crippen LogP contribution is 2.29. The Morgan fingerprint density at radius 1 is 0.973 bits per heavy atom. The molecule has 0 bridgehead atoms. The van der Waals surface area contributed by atoms with Crippen LogP contribution in [0.2, 0.25) is 5.02 Å². The minimum absolute atomic E-state index is 0.458. The molecule has 1 aromatic carbocycles. The van der Waals surface area contributed by atoms with Crippen LogP contribution >= 0.6 is 23.8 Å². The standard InChI is InChI=1S/C28H35ClN6OS/c1-19-14-20(2)18-35(17-19)26-15-25(34-12-4-3-5-13-34)31-27(32-26)33-28(37)30-16-23-10-11-24(36-23)21-6-8-22(29)9-7-21/h6-11,15,19-20H,3-5,12-14,16-18H2,1-2H3,(H2,30,31,32,33,37)/t19-,20-/m1/s1. The number of rotatable bonds is 6. The van der Waals surface area contributed by atoms with Crippen molar-refractivity contribution in [1.29, 1.82) is 0 Å².